The molecule has 1 aliphatic heterocycles. The fourth-order valence-corrected chi connectivity index (χ4v) is 14.8. The molecule has 0 spiro atoms. The van der Waals surface area contributed by atoms with Gasteiger partial charge < -0.3 is 25.3 Å². The van der Waals surface area contributed by atoms with Crippen LogP contribution in [-0.2, 0) is 103 Å². The zero-order chi connectivity index (χ0) is 91.4. The molecule has 6 aromatic heterocycles. The van der Waals surface area contributed by atoms with Crippen LogP contribution in [0, 0.1) is 37.3 Å². The minimum absolute atomic E-state index is 0. The van der Waals surface area contributed by atoms with E-state index in [-0.39, 0.29) is 117 Å². The van der Waals surface area contributed by atoms with E-state index in [0.717, 1.165) is 124 Å². The number of carbonyl (C=O) groups is 3. The smallest absolute Gasteiger partial charge is 0.512 e. The number of hydrogen-bond donors (Lipinski definition) is 3. The Kier molecular flexibility index (Phi) is 38.8. The molecule has 7 heterocycles. The number of ketones is 3. The van der Waals surface area contributed by atoms with Crippen LogP contribution in [-0.4, -0.2) is 72.6 Å². The molecule has 2 radical (unpaired) electrons. The van der Waals surface area contributed by atoms with Crippen LogP contribution in [0.15, 0.2) is 418 Å². The van der Waals surface area contributed by atoms with Gasteiger partial charge in [-0.15, -0.1) is 148 Å². The van der Waals surface area contributed by atoms with Crippen molar-refractivity contribution < 1.29 is 117 Å². The van der Waals surface area contributed by atoms with Gasteiger partial charge in [-0.05, 0) is 153 Å². The number of aromatic nitrogens is 9. The number of aliphatic hydroxyl groups is 3. The molecule has 21 rings (SSSR count). The summed E-state index contributed by atoms with van der Waals surface area (Å²) in [4.78, 5) is 57.7. The second-order valence-electron chi connectivity index (χ2n) is 30.5. The third-order valence-electron chi connectivity index (χ3n) is 20.4. The number of benzene rings is 14. The van der Waals surface area contributed by atoms with Gasteiger partial charge >= 0.3 is 21.1 Å². The van der Waals surface area contributed by atoms with Crippen LogP contribution >= 0.6 is 0 Å². The molecule has 0 amide bonds. The third kappa shape index (κ3) is 27.9. The second kappa shape index (κ2) is 51.0. The fourth-order valence-electron chi connectivity index (χ4n) is 14.8. The molecule has 0 unspecified atom stereocenters. The van der Waals surface area contributed by atoms with E-state index >= 15 is 0 Å². The predicted molar refractivity (Wildman–Crippen MR) is 528 cm³/mol. The SMILES string of the molecule is CC(=O)C=C(C)O.CC(=O)C=C(C)O.CC(=O)C=C(C)O.Cc1cnc2c3[c-]cc(-c4ccccc4)cc3c3cc(-c4ccccc4)ccc3c2n1.[Ir].[Ir].[Pt+2].[Pt].[c-]1ccc2ccccc2c1-n1nc2ccccc2n1.[c-]1ccccc1-c1cccc(N(c2ccccc2)c2cccc(-c3[c-]cccc3)n2)n1.[c-]1ccccc1-c1nccc2ccccc12.c1ccc2c(c1)C[n+]1ccccc1-2. The Morgan fingerprint density at radius 2 is 0.896 bits per heavy atom. The van der Waals surface area contributed by atoms with Gasteiger partial charge in [0.05, 0.1) is 34.1 Å². The Labute approximate surface area is 841 Å². The number of pyridine rings is 4. The van der Waals surface area contributed by atoms with Gasteiger partial charge in [-0.3, -0.25) is 34.2 Å². The molecule has 0 aliphatic carbocycles. The van der Waals surface area contributed by atoms with Crippen LogP contribution in [0.25, 0.3) is 138 Å². The zero-order valence-corrected chi connectivity index (χ0v) is 84.0. The van der Waals surface area contributed by atoms with E-state index < -0.39 is 0 Å². The molecule has 0 saturated carbocycles. The average Bonchev–Trinajstić information content (AvgIpc) is 1.36. The Morgan fingerprint density at radius 1 is 0.407 bits per heavy atom. The zero-order valence-electron chi connectivity index (χ0n) is 74.6. The number of rotatable bonds is 12. The summed E-state index contributed by atoms with van der Waals surface area (Å²) in [6, 6.07) is 140. The van der Waals surface area contributed by atoms with E-state index in [4.69, 9.17) is 35.3 Å². The van der Waals surface area contributed by atoms with E-state index in [2.05, 4.69) is 219 Å². The number of aryl methyl sites for hydroxylation is 1. The first-order valence-corrected chi connectivity index (χ1v) is 42.5. The van der Waals surface area contributed by atoms with Crippen LogP contribution in [0.3, 0.4) is 0 Å². The summed E-state index contributed by atoms with van der Waals surface area (Å²) in [5.74, 6) is 1.40. The normalized spacial score (nSPS) is 10.8. The standard InChI is InChI=1S/C29H19N2.C28H19N3.C16H10N3.C15H10N.C12H10N.3C5H8O2.2Ir.2Pt/c1-19-18-30-28-24-14-12-22(20-8-4-2-5-9-20)16-26(24)27-17-23(21-10-6-3-7-11-21)13-15-25(27)29(28)31-19;1-4-12-22(13-5-1)25-18-10-20-27(29-25)31(24-16-8-3-9-17-24)28-21-11-19-26(30-28)23-14-6-2-7-15-23;1-2-8-13-12(6-1)7-5-11-16(13)19-17-14-9-3-4-10-15(14)18-19;1-2-7-13(8-3-1)15-14-9-5-4-6-12(14)10-11-16-15;1-2-6-11-10(5-1)9-13-8-4-3-7-12(11)13;3*1-4(6)3-5(2)7;;;;/h2-13,15-18H,1H3;1-12,14,16-21H;1-10H;1-7,9-11H;1-8H,9H2;3*3,6H,1-2H3;;;;/q-1;-2;2*-1;+1;;;;;;;+2. The molecule has 0 saturated heterocycles. The van der Waals surface area contributed by atoms with Crippen molar-refractivity contribution in [3.8, 4) is 73.0 Å². The van der Waals surface area contributed by atoms with Crippen molar-refractivity contribution in [2.45, 2.75) is 55.0 Å². The molecular weight excluding hydrogens is 2390 g/mol. The quantitative estimate of drug-likeness (QED) is 0.0341. The summed E-state index contributed by atoms with van der Waals surface area (Å²) in [7, 11) is 0. The molecule has 14 aromatic carbocycles. The van der Waals surface area contributed by atoms with E-state index in [1.165, 1.54) is 109 Å². The van der Waals surface area contributed by atoms with Gasteiger partial charge in [0.2, 0.25) is 5.69 Å². The topological polar surface area (TPSA) is 214 Å². The van der Waals surface area contributed by atoms with Crippen LogP contribution in [0.2, 0.25) is 0 Å². The first-order chi connectivity index (χ1) is 63.9. The number of carbonyl (C=O) groups excluding carboxylic acids is 3. The van der Waals surface area contributed by atoms with Crippen LogP contribution in [0.5, 0.6) is 0 Å². The third-order valence-corrected chi connectivity index (χ3v) is 20.4. The monoisotopic (exact) mass is 2480 g/mol. The molecule has 1 aliphatic rings. The minimum Gasteiger partial charge on any atom is -0.512 e. The summed E-state index contributed by atoms with van der Waals surface area (Å²) >= 11 is 0. The van der Waals surface area contributed by atoms with Gasteiger partial charge in [0.15, 0.2) is 30.1 Å². The van der Waals surface area contributed by atoms with Crippen molar-refractivity contribution in [1.29, 1.82) is 0 Å². The maximum Gasteiger partial charge on any atom is 2.00 e. The summed E-state index contributed by atoms with van der Waals surface area (Å²) < 4.78 is 2.28. The van der Waals surface area contributed by atoms with E-state index in [9.17, 15) is 14.4 Å². The van der Waals surface area contributed by atoms with Crippen LogP contribution < -0.4 is 9.47 Å². The maximum absolute atomic E-state index is 10.0. The predicted octanol–water partition coefficient (Wildman–Crippen LogP) is 26.4. The molecule has 0 fully saturated rings. The molecule has 16 nitrogen and oxygen atoms in total. The minimum atomic E-state index is -0.125. The number of fused-ring (bicyclic) bond motifs is 12. The molecule has 0 atom stereocenters. The number of nitrogens with zero attached hydrogens (tertiary/aromatic N) is 10. The summed E-state index contributed by atoms with van der Waals surface area (Å²) in [5.41, 5.74) is 21.0. The van der Waals surface area contributed by atoms with Crippen molar-refractivity contribution in [1.82, 2.24) is 39.9 Å². The van der Waals surface area contributed by atoms with E-state index in [1.807, 2.05) is 226 Å². The Morgan fingerprint density at radius 3 is 1.44 bits per heavy atom. The summed E-state index contributed by atoms with van der Waals surface area (Å²) in [6.07, 6.45) is 9.32. The van der Waals surface area contributed by atoms with Crippen molar-refractivity contribution in [3.63, 3.8) is 0 Å². The molecule has 20 aromatic rings. The van der Waals surface area contributed by atoms with Crippen molar-refractivity contribution >= 4 is 99.8 Å². The first kappa shape index (κ1) is 103. The molecule has 0 bridgehead atoms. The van der Waals surface area contributed by atoms with Gasteiger partial charge in [0.1, 0.15) is 22.7 Å². The molecule has 3 N–H and O–H groups in total. The first-order valence-electron chi connectivity index (χ1n) is 42.5. The number of para-hydroxylation sites is 1. The van der Waals surface area contributed by atoms with Crippen molar-refractivity contribution in [3.05, 3.63) is 460 Å². The molecule has 135 heavy (non-hydrogen) atoms. The average molecular weight is 2480 g/mol. The van der Waals surface area contributed by atoms with Gasteiger partial charge in [-0.1, -0.05) is 216 Å². The second-order valence-corrected chi connectivity index (χ2v) is 30.5. The maximum atomic E-state index is 10.0. The summed E-state index contributed by atoms with van der Waals surface area (Å²) in [6.45, 7) is 11.6. The van der Waals surface area contributed by atoms with E-state index in [0.29, 0.717) is 0 Å². The Balaban J connectivity index is 0.000000169. The van der Waals surface area contributed by atoms with Crippen molar-refractivity contribution in [2.24, 2.45) is 0 Å². The Hall–Kier alpha value is -14.4. The molecular formula is C115H92Ir2N10O6Pt2-2. The van der Waals surface area contributed by atoms with E-state index in [1.54, 1.807) is 4.80 Å². The molecule has 20 heteroatoms. The van der Waals surface area contributed by atoms with Gasteiger partial charge in [0.25, 0.3) is 0 Å². The fraction of sp³-hybridized carbons (Fsp3) is 0.0696. The van der Waals surface area contributed by atoms with Gasteiger partial charge in [-0.2, -0.15) is 37.8 Å². The number of allylic oxidation sites excluding steroid dienone is 6. The van der Waals surface area contributed by atoms with Crippen molar-refractivity contribution in [2.75, 3.05) is 4.90 Å². The van der Waals surface area contributed by atoms with Crippen LogP contribution in [0.1, 0.15) is 52.8 Å². The number of hydrogen-bond acceptors (Lipinski definition) is 14. The van der Waals surface area contributed by atoms with Crippen LogP contribution in [0.4, 0.5) is 17.3 Å². The number of anilines is 3. The molecule has 678 valence electrons. The van der Waals surface area contributed by atoms with Gasteiger partial charge in [0, 0.05) is 121 Å². The number of aliphatic hydroxyl groups excluding tert-OH is 3. The largest absolute Gasteiger partial charge is 2.00 e. The Bertz CT molecular complexity index is 7220. The summed E-state index contributed by atoms with van der Waals surface area (Å²) in [5, 5.41) is 43.2. The van der Waals surface area contributed by atoms with Gasteiger partial charge in [-0.25, -0.2) is 0 Å².